The molecule has 0 aliphatic carbocycles. The molecule has 0 spiro atoms. The highest BCUT2D eigenvalue weighted by Crippen LogP contribution is 2.32. The number of fused-ring (bicyclic) bond motifs is 1. The van der Waals surface area contributed by atoms with Crippen molar-refractivity contribution in [2.24, 2.45) is 5.73 Å². The summed E-state index contributed by atoms with van der Waals surface area (Å²) < 4.78 is 11.0. The third kappa shape index (κ3) is 3.17. The van der Waals surface area contributed by atoms with Gasteiger partial charge in [-0.2, -0.15) is 0 Å². The Morgan fingerprint density at radius 1 is 1.37 bits per heavy atom. The minimum absolute atomic E-state index is 0.110. The Morgan fingerprint density at radius 3 is 2.74 bits per heavy atom. The van der Waals surface area contributed by atoms with Crippen LogP contribution in [0.1, 0.15) is 31.9 Å². The number of carbonyl (C=O) groups excluding carboxylic acids is 1. The lowest BCUT2D eigenvalue weighted by Crippen LogP contribution is -2.41. The summed E-state index contributed by atoms with van der Waals surface area (Å²) in [7, 11) is 0. The maximum Gasteiger partial charge on any atom is 0.237 e. The molecule has 1 heterocycles. The van der Waals surface area contributed by atoms with Gasteiger partial charge in [-0.15, -0.1) is 0 Å². The van der Waals surface area contributed by atoms with Gasteiger partial charge >= 0.3 is 0 Å². The smallest absolute Gasteiger partial charge is 0.237 e. The van der Waals surface area contributed by atoms with Gasteiger partial charge in [0.05, 0.1) is 12.1 Å². The highest BCUT2D eigenvalue weighted by Gasteiger charge is 2.17. The largest absolute Gasteiger partial charge is 0.486 e. The number of nitrogens with two attached hydrogens (primary N) is 1. The first-order valence-electron chi connectivity index (χ1n) is 6.57. The molecule has 0 fully saturated rings. The van der Waals surface area contributed by atoms with E-state index in [1.807, 2.05) is 32.0 Å². The van der Waals surface area contributed by atoms with E-state index in [1.165, 1.54) is 0 Å². The Hall–Kier alpha value is -1.75. The zero-order valence-corrected chi connectivity index (χ0v) is 11.3. The zero-order chi connectivity index (χ0) is 13.8. The molecular formula is C14H20N2O3. The predicted octanol–water partition coefficient (Wildman–Crippen LogP) is 1.37. The monoisotopic (exact) mass is 264 g/mol. The van der Waals surface area contributed by atoms with E-state index in [0.717, 1.165) is 17.1 Å². The van der Waals surface area contributed by atoms with Crippen LogP contribution in [0.25, 0.3) is 0 Å². The maximum absolute atomic E-state index is 11.8. The van der Waals surface area contributed by atoms with Crippen LogP contribution in [0.4, 0.5) is 0 Å². The van der Waals surface area contributed by atoms with Crippen molar-refractivity contribution in [3.05, 3.63) is 23.8 Å². The summed E-state index contributed by atoms with van der Waals surface area (Å²) in [6.45, 7) is 4.94. The number of rotatable bonds is 4. The molecule has 0 aromatic heterocycles. The van der Waals surface area contributed by atoms with Gasteiger partial charge in [0.15, 0.2) is 11.5 Å². The van der Waals surface area contributed by atoms with Crippen LogP contribution >= 0.6 is 0 Å². The second-order valence-electron chi connectivity index (χ2n) is 4.65. The molecule has 1 aromatic rings. The normalized spacial score (nSPS) is 16.6. The molecule has 0 saturated heterocycles. The molecule has 5 nitrogen and oxygen atoms in total. The highest BCUT2D eigenvalue weighted by molar-refractivity contribution is 5.81. The third-order valence-electron chi connectivity index (χ3n) is 3.20. The van der Waals surface area contributed by atoms with Gasteiger partial charge in [0, 0.05) is 0 Å². The molecule has 2 atom stereocenters. The third-order valence-corrected chi connectivity index (χ3v) is 3.20. The Bertz CT molecular complexity index is 462. The molecule has 0 saturated carbocycles. The first-order chi connectivity index (χ1) is 9.11. The number of carbonyl (C=O) groups is 1. The fourth-order valence-corrected chi connectivity index (χ4v) is 1.92. The molecule has 0 bridgehead atoms. The van der Waals surface area contributed by atoms with E-state index < -0.39 is 6.04 Å². The molecule has 19 heavy (non-hydrogen) atoms. The second-order valence-corrected chi connectivity index (χ2v) is 4.65. The van der Waals surface area contributed by atoms with Gasteiger partial charge in [0.2, 0.25) is 5.91 Å². The quantitative estimate of drug-likeness (QED) is 0.861. The first-order valence-corrected chi connectivity index (χ1v) is 6.57. The van der Waals surface area contributed by atoms with Crippen LogP contribution in [0.2, 0.25) is 0 Å². The van der Waals surface area contributed by atoms with Crippen molar-refractivity contribution in [3.8, 4) is 11.5 Å². The van der Waals surface area contributed by atoms with Gasteiger partial charge in [0.1, 0.15) is 13.2 Å². The van der Waals surface area contributed by atoms with E-state index in [4.69, 9.17) is 15.2 Å². The standard InChI is InChI=1S/C14H20N2O3/c1-3-11(15)14(17)16-9(2)10-4-5-12-13(8-10)19-7-6-18-12/h4-5,8-9,11H,3,6-7,15H2,1-2H3,(H,16,17)/t9?,11-/m1/s1. The minimum atomic E-state index is -0.459. The van der Waals surface area contributed by atoms with E-state index in [9.17, 15) is 4.79 Å². The van der Waals surface area contributed by atoms with Crippen molar-refractivity contribution in [3.63, 3.8) is 0 Å². The van der Waals surface area contributed by atoms with E-state index in [2.05, 4.69) is 5.32 Å². The lowest BCUT2D eigenvalue weighted by atomic mass is 10.1. The molecule has 1 aliphatic heterocycles. The Balaban J connectivity index is 2.07. The number of hydrogen-bond acceptors (Lipinski definition) is 4. The Morgan fingerprint density at radius 2 is 2.05 bits per heavy atom. The van der Waals surface area contributed by atoms with Crippen LogP contribution in [0.3, 0.4) is 0 Å². The molecule has 104 valence electrons. The molecule has 3 N–H and O–H groups in total. The van der Waals surface area contributed by atoms with Gasteiger partial charge in [-0.05, 0) is 31.0 Å². The van der Waals surface area contributed by atoms with E-state index in [-0.39, 0.29) is 11.9 Å². The molecule has 1 amide bonds. The van der Waals surface area contributed by atoms with Crippen molar-refractivity contribution >= 4 is 5.91 Å². The van der Waals surface area contributed by atoms with Gasteiger partial charge in [-0.1, -0.05) is 13.0 Å². The average molecular weight is 264 g/mol. The van der Waals surface area contributed by atoms with E-state index in [0.29, 0.717) is 19.6 Å². The summed E-state index contributed by atoms with van der Waals surface area (Å²) in [6, 6.07) is 5.12. The van der Waals surface area contributed by atoms with Crippen LogP contribution in [0, 0.1) is 0 Å². The van der Waals surface area contributed by atoms with Crippen LogP contribution in [0.15, 0.2) is 18.2 Å². The molecule has 1 aliphatic rings. The number of nitrogens with one attached hydrogen (secondary N) is 1. The van der Waals surface area contributed by atoms with Gasteiger partial charge in [-0.3, -0.25) is 4.79 Å². The molecule has 0 radical (unpaired) electrons. The van der Waals surface area contributed by atoms with E-state index >= 15 is 0 Å². The van der Waals surface area contributed by atoms with Gasteiger partial charge in [0.25, 0.3) is 0 Å². The predicted molar refractivity (Wildman–Crippen MR) is 72.3 cm³/mol. The van der Waals surface area contributed by atoms with E-state index in [1.54, 1.807) is 0 Å². The Kier molecular flexibility index (Phi) is 4.27. The fraction of sp³-hybridized carbons (Fsp3) is 0.500. The average Bonchev–Trinajstić information content (AvgIpc) is 2.45. The number of hydrogen-bond donors (Lipinski definition) is 2. The second kappa shape index (κ2) is 5.93. The topological polar surface area (TPSA) is 73.6 Å². The SMILES string of the molecule is CC[C@@H](N)C(=O)NC(C)c1ccc2c(c1)OCCO2. The summed E-state index contributed by atoms with van der Waals surface area (Å²) >= 11 is 0. The first kappa shape index (κ1) is 13.7. The summed E-state index contributed by atoms with van der Waals surface area (Å²) in [5.74, 6) is 1.34. The maximum atomic E-state index is 11.8. The highest BCUT2D eigenvalue weighted by atomic mass is 16.6. The summed E-state index contributed by atoms with van der Waals surface area (Å²) in [5.41, 5.74) is 6.67. The van der Waals surface area contributed by atoms with Crippen molar-refractivity contribution < 1.29 is 14.3 Å². The molecule has 5 heteroatoms. The molecule has 2 rings (SSSR count). The number of amides is 1. The number of benzene rings is 1. The molecule has 1 unspecified atom stereocenters. The van der Waals surface area contributed by atoms with Crippen molar-refractivity contribution in [1.29, 1.82) is 0 Å². The van der Waals surface area contributed by atoms with Crippen molar-refractivity contribution in [2.45, 2.75) is 32.4 Å². The Labute approximate surface area is 113 Å². The lowest BCUT2D eigenvalue weighted by molar-refractivity contribution is -0.123. The fourth-order valence-electron chi connectivity index (χ4n) is 1.92. The van der Waals surface area contributed by atoms with Crippen molar-refractivity contribution in [1.82, 2.24) is 5.32 Å². The van der Waals surface area contributed by atoms with Crippen LogP contribution in [0.5, 0.6) is 11.5 Å². The summed E-state index contributed by atoms with van der Waals surface area (Å²) in [4.78, 5) is 11.8. The molecular weight excluding hydrogens is 244 g/mol. The summed E-state index contributed by atoms with van der Waals surface area (Å²) in [5, 5.41) is 2.89. The van der Waals surface area contributed by atoms with Crippen LogP contribution in [-0.4, -0.2) is 25.2 Å². The lowest BCUT2D eigenvalue weighted by Gasteiger charge is -2.21. The van der Waals surface area contributed by atoms with Crippen LogP contribution < -0.4 is 20.5 Å². The van der Waals surface area contributed by atoms with Gasteiger partial charge in [-0.25, -0.2) is 0 Å². The van der Waals surface area contributed by atoms with Gasteiger partial charge < -0.3 is 20.5 Å². The zero-order valence-electron chi connectivity index (χ0n) is 11.3. The number of ether oxygens (including phenoxy) is 2. The summed E-state index contributed by atoms with van der Waals surface area (Å²) in [6.07, 6.45) is 0.625. The molecule has 1 aromatic carbocycles. The van der Waals surface area contributed by atoms with Crippen molar-refractivity contribution in [2.75, 3.05) is 13.2 Å². The van der Waals surface area contributed by atoms with Crippen LogP contribution in [-0.2, 0) is 4.79 Å². The minimum Gasteiger partial charge on any atom is -0.486 e.